The smallest absolute Gasteiger partial charge is 0.423 e. The highest BCUT2D eigenvalue weighted by Crippen LogP contribution is 2.47. The summed E-state index contributed by atoms with van der Waals surface area (Å²) in [4.78, 5) is 0. The molecule has 0 unspecified atom stereocenters. The molecule has 0 saturated carbocycles. The zero-order chi connectivity index (χ0) is 42.4. The van der Waals surface area contributed by atoms with Crippen LogP contribution in [0.15, 0.2) is 126 Å². The van der Waals surface area contributed by atoms with Crippen LogP contribution in [-0.2, 0) is 34.5 Å². The van der Waals surface area contributed by atoms with Crippen LogP contribution in [0.25, 0.3) is 33.4 Å². The van der Waals surface area contributed by atoms with Crippen molar-refractivity contribution in [1.82, 2.24) is 0 Å². The van der Waals surface area contributed by atoms with Crippen molar-refractivity contribution in [2.45, 2.75) is 125 Å². The molecule has 2 aliphatic rings. The summed E-state index contributed by atoms with van der Waals surface area (Å²) in [6.07, 6.45) is 2.09. The van der Waals surface area contributed by atoms with Gasteiger partial charge in [-0.15, -0.1) is 0 Å². The molecule has 0 atom stereocenters. The molecule has 0 bridgehead atoms. The third kappa shape index (κ3) is 10.4. The van der Waals surface area contributed by atoms with Crippen LogP contribution in [0, 0.1) is 0 Å². The van der Waals surface area contributed by atoms with Crippen molar-refractivity contribution in [3.63, 3.8) is 0 Å². The van der Waals surface area contributed by atoms with E-state index in [9.17, 15) is 0 Å². The van der Waals surface area contributed by atoms with Gasteiger partial charge in [-0.05, 0) is 130 Å². The molecular weight excluding hydrogens is 783 g/mol. The number of hydrogen-bond donors (Lipinski definition) is 2. The molecule has 0 saturated heterocycles. The molecule has 4 heteroatoms. The van der Waals surface area contributed by atoms with Gasteiger partial charge >= 0.3 is 7.12 Å². The maximum atomic E-state index is 8.58. The molecule has 2 nitrogen and oxygen atoms in total. The van der Waals surface area contributed by atoms with E-state index >= 15 is 0 Å². The summed E-state index contributed by atoms with van der Waals surface area (Å²) < 4.78 is 1.23. The Balaban J connectivity index is 0.000000185. The minimum Gasteiger partial charge on any atom is -0.423 e. The minimum absolute atomic E-state index is 0. The van der Waals surface area contributed by atoms with Crippen LogP contribution in [0.3, 0.4) is 0 Å². The lowest BCUT2D eigenvalue weighted by Gasteiger charge is -2.23. The lowest BCUT2D eigenvalue weighted by Crippen LogP contribution is -2.29. The first kappa shape index (κ1) is 45.9. The Kier molecular flexibility index (Phi) is 13.5. The average Bonchev–Trinajstić information content (AvgIpc) is 3.72. The fraction of sp³-hybridized carbons (Fsp3) is 0.345. The third-order valence-electron chi connectivity index (χ3n) is 11.5. The summed E-state index contributed by atoms with van der Waals surface area (Å²) in [5.74, 6) is 0. The minimum atomic E-state index is -1.34. The van der Waals surface area contributed by atoms with Crippen molar-refractivity contribution < 1.29 is 10.0 Å². The molecule has 6 aromatic carbocycles. The van der Waals surface area contributed by atoms with E-state index in [0.29, 0.717) is 5.46 Å². The second-order valence-corrected chi connectivity index (χ2v) is 21.2. The Labute approximate surface area is 365 Å². The van der Waals surface area contributed by atoms with Crippen LogP contribution < -0.4 is 5.46 Å². The zero-order valence-corrected chi connectivity index (χ0v) is 38.4. The van der Waals surface area contributed by atoms with Crippen LogP contribution in [0.4, 0.5) is 0 Å². The molecule has 59 heavy (non-hydrogen) atoms. The predicted molar refractivity (Wildman–Crippen MR) is 260 cm³/mol. The number of halogens is 1. The van der Waals surface area contributed by atoms with E-state index in [4.69, 9.17) is 10.0 Å². The van der Waals surface area contributed by atoms with Gasteiger partial charge in [0.2, 0.25) is 0 Å². The Hall–Kier alpha value is -4.22. The van der Waals surface area contributed by atoms with Gasteiger partial charge in [-0.1, -0.05) is 216 Å². The monoisotopic (exact) mass is 848 g/mol. The van der Waals surface area contributed by atoms with Crippen LogP contribution in [0.1, 0.15) is 135 Å². The molecule has 0 aromatic heterocycles. The molecule has 0 spiro atoms. The fourth-order valence-corrected chi connectivity index (χ4v) is 8.63. The van der Waals surface area contributed by atoms with Gasteiger partial charge in [0.25, 0.3) is 0 Å². The standard InChI is InChI=1S/C27H30.C21H25Br.C6H7BO2.CH4/c1-26(2,3)21-12-13-23-19(15-21)14-20-16-22(27(4,5)6)17-24(25(20)23)18-10-8-7-9-11-18;1-20(2,3)15-7-8-17-13(10-15)9-14-11-16(21(4,5)6)12-18(22)19(14)17;8-7(9)6-4-2-1-3-5-6;/h7-13,15-17H,14H2,1-6H3;7-8,10-12H,9H2,1-6H3;1-5,8-9H;1H4. The lowest BCUT2D eigenvalue weighted by atomic mass is 9.81. The Bertz CT molecular complexity index is 2400. The SMILES string of the molecule is C.CC(C)(C)c1ccc2c(c1)Cc1cc(C(C)(C)C)cc(-c3ccccc3)c1-2.CC(C)(C)c1ccc2c(c1)Cc1cc(C(C)(C)C)cc(Br)c1-2.OB(O)c1ccccc1. The second kappa shape index (κ2) is 17.4. The first-order valence-electron chi connectivity index (χ1n) is 20.8. The zero-order valence-electron chi connectivity index (χ0n) is 36.8. The van der Waals surface area contributed by atoms with E-state index in [0.717, 1.165) is 12.8 Å². The van der Waals surface area contributed by atoms with Gasteiger partial charge < -0.3 is 10.0 Å². The normalized spacial score (nSPS) is 12.7. The summed E-state index contributed by atoms with van der Waals surface area (Å²) in [7, 11) is -1.34. The van der Waals surface area contributed by atoms with Crippen molar-refractivity contribution in [3.05, 3.63) is 170 Å². The van der Waals surface area contributed by atoms with Gasteiger partial charge in [-0.3, -0.25) is 0 Å². The summed E-state index contributed by atoms with van der Waals surface area (Å²) in [6.45, 7) is 27.5. The van der Waals surface area contributed by atoms with Crippen molar-refractivity contribution in [2.24, 2.45) is 0 Å². The van der Waals surface area contributed by atoms with Gasteiger partial charge in [-0.2, -0.15) is 0 Å². The maximum absolute atomic E-state index is 8.58. The molecule has 0 fully saturated rings. The third-order valence-corrected chi connectivity index (χ3v) is 12.2. The van der Waals surface area contributed by atoms with E-state index in [2.05, 4.69) is 190 Å². The predicted octanol–water partition coefficient (Wildman–Crippen LogP) is 14.1. The lowest BCUT2D eigenvalue weighted by molar-refractivity contribution is 0.426. The van der Waals surface area contributed by atoms with E-state index in [1.165, 1.54) is 82.4 Å². The summed E-state index contributed by atoms with van der Waals surface area (Å²) in [6, 6.07) is 43.2. The van der Waals surface area contributed by atoms with Gasteiger partial charge in [0.15, 0.2) is 0 Å². The van der Waals surface area contributed by atoms with E-state index in [-0.39, 0.29) is 29.1 Å². The number of rotatable bonds is 2. The van der Waals surface area contributed by atoms with Gasteiger partial charge in [0.1, 0.15) is 0 Å². The van der Waals surface area contributed by atoms with Crippen LogP contribution >= 0.6 is 15.9 Å². The fourth-order valence-electron chi connectivity index (χ4n) is 7.91. The highest BCUT2D eigenvalue weighted by molar-refractivity contribution is 9.10. The first-order valence-corrected chi connectivity index (χ1v) is 21.6. The van der Waals surface area contributed by atoms with Crippen molar-refractivity contribution in [1.29, 1.82) is 0 Å². The molecule has 0 amide bonds. The Morgan fingerprint density at radius 1 is 0.424 bits per heavy atom. The van der Waals surface area contributed by atoms with Crippen molar-refractivity contribution >= 4 is 28.5 Å². The molecule has 0 radical (unpaired) electrons. The molecular formula is C55H66BBrO2. The van der Waals surface area contributed by atoms with Crippen LogP contribution in [-0.4, -0.2) is 17.2 Å². The molecule has 2 N–H and O–H groups in total. The Morgan fingerprint density at radius 3 is 1.24 bits per heavy atom. The molecule has 308 valence electrons. The molecule has 6 aromatic rings. The molecule has 0 heterocycles. The molecule has 8 rings (SSSR count). The molecule has 2 aliphatic carbocycles. The Morgan fingerprint density at radius 2 is 0.814 bits per heavy atom. The van der Waals surface area contributed by atoms with Crippen LogP contribution in [0.5, 0.6) is 0 Å². The van der Waals surface area contributed by atoms with Gasteiger partial charge in [0.05, 0.1) is 0 Å². The second-order valence-electron chi connectivity index (χ2n) is 20.3. The highest BCUT2D eigenvalue weighted by Gasteiger charge is 2.28. The average molecular weight is 850 g/mol. The highest BCUT2D eigenvalue weighted by atomic mass is 79.9. The van der Waals surface area contributed by atoms with Gasteiger partial charge in [0, 0.05) is 4.47 Å². The molecule has 0 aliphatic heterocycles. The van der Waals surface area contributed by atoms with Gasteiger partial charge in [-0.25, -0.2) is 0 Å². The maximum Gasteiger partial charge on any atom is 0.488 e. The topological polar surface area (TPSA) is 40.5 Å². The summed E-state index contributed by atoms with van der Waals surface area (Å²) >= 11 is 3.82. The largest absolute Gasteiger partial charge is 0.488 e. The number of hydrogen-bond acceptors (Lipinski definition) is 2. The van der Waals surface area contributed by atoms with Crippen molar-refractivity contribution in [3.8, 4) is 33.4 Å². The number of benzene rings is 6. The summed E-state index contributed by atoms with van der Waals surface area (Å²) in [5, 5.41) is 17.2. The van der Waals surface area contributed by atoms with E-state index < -0.39 is 7.12 Å². The van der Waals surface area contributed by atoms with Crippen molar-refractivity contribution in [2.75, 3.05) is 0 Å². The summed E-state index contributed by atoms with van der Waals surface area (Å²) in [5.41, 5.74) is 21.1. The first-order chi connectivity index (χ1) is 27.0. The van der Waals surface area contributed by atoms with E-state index in [1.54, 1.807) is 24.3 Å². The van der Waals surface area contributed by atoms with E-state index in [1.807, 2.05) is 6.07 Å². The number of fused-ring (bicyclic) bond motifs is 6. The van der Waals surface area contributed by atoms with Crippen LogP contribution in [0.2, 0.25) is 0 Å². The quantitative estimate of drug-likeness (QED) is 0.170.